The van der Waals surface area contributed by atoms with Crippen molar-refractivity contribution in [1.82, 2.24) is 35.5 Å². The molecule has 0 aliphatic carbocycles. The third kappa shape index (κ3) is 4.55. The number of hydrogen-bond donors (Lipinski definition) is 4. The van der Waals surface area contributed by atoms with Crippen LogP contribution in [-0.4, -0.2) is 49.1 Å². The van der Waals surface area contributed by atoms with E-state index in [0.29, 0.717) is 23.7 Å². The first kappa shape index (κ1) is 23.3. The number of carbonyl (C=O) groups is 1. The van der Waals surface area contributed by atoms with Crippen LogP contribution < -0.4 is 10.6 Å². The van der Waals surface area contributed by atoms with Gasteiger partial charge in [-0.1, -0.05) is 0 Å². The van der Waals surface area contributed by atoms with Crippen LogP contribution in [0.1, 0.15) is 19.3 Å². The van der Waals surface area contributed by atoms with E-state index in [1.165, 1.54) is 0 Å². The average molecular weight is 519 g/mol. The van der Waals surface area contributed by atoms with Crippen LogP contribution in [0.25, 0.3) is 55.7 Å². The van der Waals surface area contributed by atoms with E-state index < -0.39 is 0 Å². The van der Waals surface area contributed by atoms with E-state index in [9.17, 15) is 4.79 Å². The number of furan rings is 1. The highest BCUT2D eigenvalue weighted by Crippen LogP contribution is 2.34. The van der Waals surface area contributed by atoms with Gasteiger partial charge in [0.05, 0.1) is 30.1 Å². The quantitative estimate of drug-likeness (QED) is 0.239. The fourth-order valence-electron chi connectivity index (χ4n) is 5.32. The van der Waals surface area contributed by atoms with E-state index in [2.05, 4.69) is 40.8 Å². The standard InChI is InChI=1S/C29H26N8O2/c38-26(9-17-1-5-30-6-2-17)34-21-10-19(13-31-15-21)20-11-24-27(36-37-29(24)33-14-20)25-12-23-22(18-4-8-39-16-18)3-7-32-28(23)35-25/h3-4,7-8,10-17,30H,1-2,5-6,9H2,(H,32,35)(H,34,38)(H,33,36,37). The van der Waals surface area contributed by atoms with Gasteiger partial charge in [-0.25, -0.2) is 9.97 Å². The Labute approximate surface area is 223 Å². The SMILES string of the molecule is O=C(CC1CCNCC1)Nc1cncc(-c2cnc3[nH]nc(-c4cc5c(-c6ccoc6)ccnc5[nH]4)c3c2)c1. The van der Waals surface area contributed by atoms with Crippen molar-refractivity contribution < 1.29 is 9.21 Å². The zero-order valence-electron chi connectivity index (χ0n) is 21.1. The van der Waals surface area contributed by atoms with Gasteiger partial charge in [0.15, 0.2) is 5.65 Å². The number of pyridine rings is 3. The highest BCUT2D eigenvalue weighted by molar-refractivity contribution is 6.00. The maximum atomic E-state index is 12.6. The second-order valence-electron chi connectivity index (χ2n) is 9.92. The number of carbonyl (C=O) groups excluding carboxylic acids is 1. The lowest BCUT2D eigenvalue weighted by Gasteiger charge is -2.21. The predicted octanol–water partition coefficient (Wildman–Crippen LogP) is 5.15. The van der Waals surface area contributed by atoms with Crippen molar-refractivity contribution >= 4 is 33.7 Å². The molecule has 6 aromatic heterocycles. The normalized spacial score (nSPS) is 14.3. The number of aromatic amines is 2. The molecule has 39 heavy (non-hydrogen) atoms. The average Bonchev–Trinajstić information content (AvgIpc) is 3.73. The van der Waals surface area contributed by atoms with E-state index in [4.69, 9.17) is 4.42 Å². The predicted molar refractivity (Wildman–Crippen MR) is 149 cm³/mol. The summed E-state index contributed by atoms with van der Waals surface area (Å²) in [5.41, 5.74) is 7.44. The summed E-state index contributed by atoms with van der Waals surface area (Å²) in [6.07, 6.45) is 13.0. The van der Waals surface area contributed by atoms with E-state index in [1.807, 2.05) is 30.3 Å². The summed E-state index contributed by atoms with van der Waals surface area (Å²) in [5.74, 6) is 0.442. The minimum absolute atomic E-state index is 0.0220. The summed E-state index contributed by atoms with van der Waals surface area (Å²) in [6, 6.07) is 9.92. The third-order valence-corrected chi connectivity index (χ3v) is 7.32. The number of piperidine rings is 1. The number of fused-ring (bicyclic) bond motifs is 2. The summed E-state index contributed by atoms with van der Waals surface area (Å²) in [4.78, 5) is 29.5. The van der Waals surface area contributed by atoms with Crippen LogP contribution in [0, 0.1) is 5.92 Å². The Kier molecular flexibility index (Phi) is 5.86. The fraction of sp³-hybridized carbons (Fsp3) is 0.207. The third-order valence-electron chi connectivity index (χ3n) is 7.32. The Bertz CT molecular complexity index is 1780. The van der Waals surface area contributed by atoms with Gasteiger partial charge in [-0.3, -0.25) is 14.9 Å². The molecule has 0 saturated carbocycles. The molecule has 1 amide bonds. The van der Waals surface area contributed by atoms with Crippen LogP contribution in [0.4, 0.5) is 5.69 Å². The number of nitrogens with zero attached hydrogens (tertiary/aromatic N) is 4. The van der Waals surface area contributed by atoms with E-state index in [0.717, 1.165) is 76.0 Å². The summed E-state index contributed by atoms with van der Waals surface area (Å²) in [7, 11) is 0. The lowest BCUT2D eigenvalue weighted by atomic mass is 9.94. The molecule has 0 unspecified atom stereocenters. The Balaban J connectivity index is 1.19. The molecule has 0 spiro atoms. The van der Waals surface area contributed by atoms with Gasteiger partial charge in [0.1, 0.15) is 11.3 Å². The molecule has 1 aliphatic heterocycles. The molecule has 0 atom stereocenters. The van der Waals surface area contributed by atoms with Crippen molar-refractivity contribution in [2.45, 2.75) is 19.3 Å². The molecule has 10 heteroatoms. The molecule has 0 radical (unpaired) electrons. The van der Waals surface area contributed by atoms with Gasteiger partial charge in [0, 0.05) is 52.5 Å². The van der Waals surface area contributed by atoms with Crippen molar-refractivity contribution in [3.05, 3.63) is 67.6 Å². The Morgan fingerprint density at radius 1 is 0.974 bits per heavy atom. The maximum absolute atomic E-state index is 12.6. The van der Waals surface area contributed by atoms with Crippen molar-refractivity contribution in [2.24, 2.45) is 5.92 Å². The first-order valence-corrected chi connectivity index (χ1v) is 13.0. The van der Waals surface area contributed by atoms with Crippen molar-refractivity contribution in [3.8, 4) is 33.6 Å². The molecule has 0 bridgehead atoms. The van der Waals surface area contributed by atoms with Gasteiger partial charge >= 0.3 is 0 Å². The van der Waals surface area contributed by atoms with Crippen molar-refractivity contribution in [3.63, 3.8) is 0 Å². The number of amides is 1. The lowest BCUT2D eigenvalue weighted by molar-refractivity contribution is -0.117. The first-order valence-electron chi connectivity index (χ1n) is 13.0. The van der Waals surface area contributed by atoms with Gasteiger partial charge in [-0.15, -0.1) is 0 Å². The number of aromatic nitrogens is 6. The van der Waals surface area contributed by atoms with Crippen molar-refractivity contribution in [2.75, 3.05) is 18.4 Å². The summed E-state index contributed by atoms with van der Waals surface area (Å²) < 4.78 is 5.29. The van der Waals surface area contributed by atoms with Gasteiger partial charge in [-0.05, 0) is 67.7 Å². The second kappa shape index (κ2) is 9.80. The zero-order chi connectivity index (χ0) is 26.2. The summed E-state index contributed by atoms with van der Waals surface area (Å²) in [5, 5.41) is 15.8. The monoisotopic (exact) mass is 518 g/mol. The van der Waals surface area contributed by atoms with Gasteiger partial charge in [-0.2, -0.15) is 5.10 Å². The van der Waals surface area contributed by atoms with E-state index in [-0.39, 0.29) is 5.91 Å². The molecule has 10 nitrogen and oxygen atoms in total. The highest BCUT2D eigenvalue weighted by Gasteiger charge is 2.18. The molecule has 0 aromatic carbocycles. The minimum atomic E-state index is 0.0220. The molecule has 4 N–H and O–H groups in total. The fourth-order valence-corrected chi connectivity index (χ4v) is 5.32. The van der Waals surface area contributed by atoms with Crippen LogP contribution >= 0.6 is 0 Å². The molecule has 7 rings (SSSR count). The second-order valence-corrected chi connectivity index (χ2v) is 9.92. The summed E-state index contributed by atoms with van der Waals surface area (Å²) in [6.45, 7) is 1.95. The van der Waals surface area contributed by atoms with Gasteiger partial charge in [0.2, 0.25) is 5.91 Å². The van der Waals surface area contributed by atoms with Crippen LogP contribution in [0.5, 0.6) is 0 Å². The molecule has 1 aliphatic rings. The molecule has 1 saturated heterocycles. The van der Waals surface area contributed by atoms with E-state index >= 15 is 0 Å². The molecule has 194 valence electrons. The van der Waals surface area contributed by atoms with Crippen LogP contribution in [0.2, 0.25) is 0 Å². The molecular formula is C29H26N8O2. The van der Waals surface area contributed by atoms with Crippen LogP contribution in [-0.2, 0) is 4.79 Å². The molecular weight excluding hydrogens is 492 g/mol. The van der Waals surface area contributed by atoms with Gasteiger partial charge in [0.25, 0.3) is 0 Å². The van der Waals surface area contributed by atoms with Crippen LogP contribution in [0.3, 0.4) is 0 Å². The topological polar surface area (TPSA) is 137 Å². The number of anilines is 1. The smallest absolute Gasteiger partial charge is 0.224 e. The van der Waals surface area contributed by atoms with Gasteiger partial charge < -0.3 is 20.0 Å². The lowest BCUT2D eigenvalue weighted by Crippen LogP contribution is -2.30. The molecule has 1 fully saturated rings. The number of H-pyrrole nitrogens is 2. The minimum Gasteiger partial charge on any atom is -0.472 e. The Hall–Kier alpha value is -4.83. The van der Waals surface area contributed by atoms with E-state index in [1.54, 1.807) is 37.3 Å². The largest absolute Gasteiger partial charge is 0.472 e. The Morgan fingerprint density at radius 2 is 1.87 bits per heavy atom. The van der Waals surface area contributed by atoms with Crippen LogP contribution in [0.15, 0.2) is 72.1 Å². The Morgan fingerprint density at radius 3 is 2.74 bits per heavy atom. The molecule has 7 heterocycles. The summed E-state index contributed by atoms with van der Waals surface area (Å²) >= 11 is 0. The van der Waals surface area contributed by atoms with Crippen molar-refractivity contribution in [1.29, 1.82) is 0 Å². The highest BCUT2D eigenvalue weighted by atomic mass is 16.3. The zero-order valence-corrected chi connectivity index (χ0v) is 21.1. The number of rotatable bonds is 6. The number of nitrogens with one attached hydrogen (secondary N) is 4. The number of hydrogen-bond acceptors (Lipinski definition) is 7. The first-order chi connectivity index (χ1) is 19.2. The maximum Gasteiger partial charge on any atom is 0.224 e. The molecule has 6 aromatic rings.